The smallest absolute Gasteiger partial charge is 0.408 e. The molecule has 1 rings (SSSR count). The fraction of sp³-hybridized carbons (Fsp3) is 0.500. The van der Waals surface area contributed by atoms with Crippen LogP contribution in [0.3, 0.4) is 0 Å². The van der Waals surface area contributed by atoms with Gasteiger partial charge in [-0.2, -0.15) is 0 Å². The molecular weight excluding hydrogens is 378 g/mol. The Balaban J connectivity index is 2.47. The molecule has 0 aliphatic carbocycles. The molecule has 0 aromatic heterocycles. The standard InChI is InChI=1S/C20H29N3O6/c1-13(22-19(27)29-20(2,3)4)18(26)23-15(17(21)25)10-11-16(24)28-12-14-8-6-5-7-9-14/h5-9,13,15H,10-12H2,1-4H3,(H2,21,25)(H,22,27)(H,23,26)/t13?,15-/m0/s1. The van der Waals surface area contributed by atoms with Gasteiger partial charge in [-0.15, -0.1) is 0 Å². The zero-order chi connectivity index (χ0) is 22.0. The Hall–Kier alpha value is -3.10. The minimum atomic E-state index is -1.07. The topological polar surface area (TPSA) is 137 Å². The van der Waals surface area contributed by atoms with Crippen LogP contribution in [0.5, 0.6) is 0 Å². The number of carbonyl (C=O) groups excluding carboxylic acids is 4. The average Bonchev–Trinajstić information content (AvgIpc) is 2.62. The number of esters is 1. The number of hydrogen-bond acceptors (Lipinski definition) is 6. The number of carbonyl (C=O) groups is 4. The van der Waals surface area contributed by atoms with E-state index in [9.17, 15) is 19.2 Å². The summed E-state index contributed by atoms with van der Waals surface area (Å²) in [7, 11) is 0. The third kappa shape index (κ3) is 10.1. The minimum absolute atomic E-state index is 0.0200. The first-order valence-corrected chi connectivity index (χ1v) is 9.26. The molecule has 29 heavy (non-hydrogen) atoms. The molecule has 0 aliphatic rings. The molecule has 0 bridgehead atoms. The number of rotatable bonds is 9. The first-order chi connectivity index (χ1) is 13.5. The Bertz CT molecular complexity index is 715. The highest BCUT2D eigenvalue weighted by Crippen LogP contribution is 2.07. The highest BCUT2D eigenvalue weighted by molar-refractivity contribution is 5.90. The molecule has 0 saturated heterocycles. The van der Waals surface area contributed by atoms with Gasteiger partial charge in [0.1, 0.15) is 24.3 Å². The second kappa shape index (κ2) is 11.0. The van der Waals surface area contributed by atoms with Gasteiger partial charge in [0, 0.05) is 6.42 Å². The summed E-state index contributed by atoms with van der Waals surface area (Å²) >= 11 is 0. The van der Waals surface area contributed by atoms with Crippen molar-refractivity contribution in [1.29, 1.82) is 0 Å². The molecule has 0 heterocycles. The van der Waals surface area contributed by atoms with Gasteiger partial charge in [0.05, 0.1) is 0 Å². The number of primary amides is 1. The van der Waals surface area contributed by atoms with E-state index in [0.29, 0.717) is 0 Å². The monoisotopic (exact) mass is 407 g/mol. The Kier molecular flexibility index (Phi) is 9.11. The molecule has 0 aliphatic heterocycles. The molecule has 1 aromatic rings. The molecule has 3 amide bonds. The number of nitrogens with one attached hydrogen (secondary N) is 2. The van der Waals surface area contributed by atoms with Gasteiger partial charge in [-0.1, -0.05) is 30.3 Å². The van der Waals surface area contributed by atoms with Crippen LogP contribution in [0.1, 0.15) is 46.1 Å². The minimum Gasteiger partial charge on any atom is -0.461 e. The normalized spacial score (nSPS) is 13.0. The van der Waals surface area contributed by atoms with Gasteiger partial charge in [0.25, 0.3) is 0 Å². The number of benzene rings is 1. The van der Waals surface area contributed by atoms with Crippen molar-refractivity contribution in [2.24, 2.45) is 5.73 Å². The van der Waals surface area contributed by atoms with E-state index in [-0.39, 0.29) is 19.4 Å². The van der Waals surface area contributed by atoms with E-state index < -0.39 is 41.6 Å². The van der Waals surface area contributed by atoms with Crippen molar-refractivity contribution in [3.63, 3.8) is 0 Å². The van der Waals surface area contributed by atoms with E-state index in [1.165, 1.54) is 6.92 Å². The number of nitrogens with two attached hydrogens (primary N) is 1. The molecule has 4 N–H and O–H groups in total. The van der Waals surface area contributed by atoms with Crippen molar-refractivity contribution in [3.8, 4) is 0 Å². The highest BCUT2D eigenvalue weighted by Gasteiger charge is 2.25. The highest BCUT2D eigenvalue weighted by atomic mass is 16.6. The average molecular weight is 407 g/mol. The number of hydrogen-bond donors (Lipinski definition) is 3. The first kappa shape index (κ1) is 23.9. The summed E-state index contributed by atoms with van der Waals surface area (Å²) in [4.78, 5) is 47.4. The van der Waals surface area contributed by atoms with Crippen molar-refractivity contribution < 1.29 is 28.7 Å². The Morgan fingerprint density at radius 2 is 1.69 bits per heavy atom. The Morgan fingerprint density at radius 1 is 1.07 bits per heavy atom. The van der Waals surface area contributed by atoms with E-state index in [0.717, 1.165) is 5.56 Å². The predicted octanol–water partition coefficient (Wildman–Crippen LogP) is 1.39. The molecule has 1 unspecified atom stereocenters. The number of amides is 3. The Labute approximate surface area is 170 Å². The second-order valence-electron chi connectivity index (χ2n) is 7.52. The van der Waals surface area contributed by atoms with Gasteiger partial charge in [-0.25, -0.2) is 4.79 Å². The molecule has 9 heteroatoms. The van der Waals surface area contributed by atoms with E-state index in [1.807, 2.05) is 30.3 Å². The zero-order valence-corrected chi connectivity index (χ0v) is 17.2. The van der Waals surface area contributed by atoms with Crippen LogP contribution in [-0.4, -0.2) is 41.6 Å². The van der Waals surface area contributed by atoms with Crippen molar-refractivity contribution >= 4 is 23.9 Å². The van der Waals surface area contributed by atoms with Crippen LogP contribution in [0, 0.1) is 0 Å². The summed E-state index contributed by atoms with van der Waals surface area (Å²) in [5.74, 6) is -1.94. The van der Waals surface area contributed by atoms with Crippen LogP contribution < -0.4 is 16.4 Å². The van der Waals surface area contributed by atoms with Crippen molar-refractivity contribution in [2.75, 3.05) is 0 Å². The van der Waals surface area contributed by atoms with Crippen LogP contribution in [0.2, 0.25) is 0 Å². The van der Waals surface area contributed by atoms with Crippen molar-refractivity contribution in [2.45, 2.75) is 64.8 Å². The maximum Gasteiger partial charge on any atom is 0.408 e. The molecule has 9 nitrogen and oxygen atoms in total. The van der Waals surface area contributed by atoms with E-state index >= 15 is 0 Å². The van der Waals surface area contributed by atoms with Crippen LogP contribution in [0.25, 0.3) is 0 Å². The molecule has 2 atom stereocenters. The van der Waals surface area contributed by atoms with Crippen LogP contribution in [-0.2, 0) is 30.5 Å². The molecular formula is C20H29N3O6. The van der Waals surface area contributed by atoms with Crippen LogP contribution in [0.15, 0.2) is 30.3 Å². The molecule has 0 saturated carbocycles. The van der Waals surface area contributed by atoms with E-state index in [2.05, 4.69) is 10.6 Å². The van der Waals surface area contributed by atoms with Crippen LogP contribution in [0.4, 0.5) is 4.79 Å². The summed E-state index contributed by atoms with van der Waals surface area (Å²) < 4.78 is 10.2. The van der Waals surface area contributed by atoms with Gasteiger partial charge in [0.2, 0.25) is 11.8 Å². The van der Waals surface area contributed by atoms with E-state index in [1.54, 1.807) is 20.8 Å². The summed E-state index contributed by atoms with van der Waals surface area (Å²) in [5, 5.41) is 4.79. The largest absolute Gasteiger partial charge is 0.461 e. The number of alkyl carbamates (subject to hydrolysis) is 1. The Morgan fingerprint density at radius 3 is 2.24 bits per heavy atom. The third-order valence-corrected chi connectivity index (χ3v) is 3.67. The van der Waals surface area contributed by atoms with Gasteiger partial charge >= 0.3 is 12.1 Å². The summed E-state index contributed by atoms with van der Waals surface area (Å²) in [6.45, 7) is 6.63. The molecule has 0 spiro atoms. The maximum atomic E-state index is 12.2. The molecule has 1 aromatic carbocycles. The number of ether oxygens (including phenoxy) is 2. The van der Waals surface area contributed by atoms with Crippen molar-refractivity contribution in [3.05, 3.63) is 35.9 Å². The van der Waals surface area contributed by atoms with Gasteiger partial charge < -0.3 is 25.8 Å². The molecule has 0 fully saturated rings. The zero-order valence-electron chi connectivity index (χ0n) is 17.2. The molecule has 0 radical (unpaired) electrons. The maximum absolute atomic E-state index is 12.2. The van der Waals surface area contributed by atoms with Crippen LogP contribution >= 0.6 is 0 Å². The fourth-order valence-corrected chi connectivity index (χ4v) is 2.20. The van der Waals surface area contributed by atoms with Gasteiger partial charge in [-0.3, -0.25) is 14.4 Å². The lowest BCUT2D eigenvalue weighted by Crippen LogP contribution is -2.52. The predicted molar refractivity (Wildman–Crippen MR) is 105 cm³/mol. The quantitative estimate of drug-likeness (QED) is 0.529. The third-order valence-electron chi connectivity index (χ3n) is 3.67. The summed E-state index contributed by atoms with van der Waals surface area (Å²) in [6, 6.07) is 7.11. The van der Waals surface area contributed by atoms with Gasteiger partial charge in [-0.05, 0) is 39.7 Å². The lowest BCUT2D eigenvalue weighted by Gasteiger charge is -2.22. The first-order valence-electron chi connectivity index (χ1n) is 9.26. The lowest BCUT2D eigenvalue weighted by atomic mass is 10.1. The van der Waals surface area contributed by atoms with E-state index in [4.69, 9.17) is 15.2 Å². The summed E-state index contributed by atoms with van der Waals surface area (Å²) in [6.07, 6.45) is -0.886. The fourth-order valence-electron chi connectivity index (χ4n) is 2.20. The lowest BCUT2D eigenvalue weighted by molar-refractivity contribution is -0.145. The SMILES string of the molecule is CC(NC(=O)OC(C)(C)C)C(=O)N[C@@H](CCC(=O)OCc1ccccc1)C(N)=O. The van der Waals surface area contributed by atoms with Gasteiger partial charge in [0.15, 0.2) is 0 Å². The second-order valence-corrected chi connectivity index (χ2v) is 7.52. The molecule has 160 valence electrons. The summed E-state index contributed by atoms with van der Waals surface area (Å²) in [5.41, 5.74) is 5.43. The van der Waals surface area contributed by atoms with Crippen molar-refractivity contribution in [1.82, 2.24) is 10.6 Å².